The van der Waals surface area contributed by atoms with Crippen molar-refractivity contribution in [2.24, 2.45) is 0 Å². The maximum Gasteiger partial charge on any atom is 0.267 e. The molecule has 2 aromatic heterocycles. The van der Waals surface area contributed by atoms with Crippen molar-refractivity contribution in [3.63, 3.8) is 0 Å². The smallest absolute Gasteiger partial charge is 0.267 e. The molecule has 116 valence electrons. The van der Waals surface area contributed by atoms with Gasteiger partial charge in [0.2, 0.25) is 0 Å². The van der Waals surface area contributed by atoms with E-state index in [1.54, 1.807) is 18.5 Å². The molecule has 0 saturated carbocycles. The number of aliphatic hydroxyl groups excluding tert-OH is 1. The van der Waals surface area contributed by atoms with E-state index in [1.807, 2.05) is 24.3 Å². The first kappa shape index (κ1) is 15.3. The van der Waals surface area contributed by atoms with Crippen LogP contribution in [0.5, 0.6) is 0 Å². The zero-order valence-corrected chi connectivity index (χ0v) is 13.0. The highest BCUT2D eigenvalue weighted by Crippen LogP contribution is 2.22. The van der Waals surface area contributed by atoms with Crippen LogP contribution in [0.4, 0.5) is 5.69 Å². The second-order valence-electron chi connectivity index (χ2n) is 4.73. The highest BCUT2D eigenvalue weighted by molar-refractivity contribution is 7.16. The Morgan fingerprint density at radius 3 is 2.57 bits per heavy atom. The molecule has 0 spiro atoms. The molecule has 0 radical (unpaired) electrons. The predicted octanol–water partition coefficient (Wildman–Crippen LogP) is 2.39. The van der Waals surface area contributed by atoms with Gasteiger partial charge in [0.15, 0.2) is 10.8 Å². The number of aromatic nitrogens is 3. The van der Waals surface area contributed by atoms with Crippen LogP contribution in [0.25, 0.3) is 10.8 Å². The van der Waals surface area contributed by atoms with E-state index < -0.39 is 0 Å². The summed E-state index contributed by atoms with van der Waals surface area (Å²) in [5, 5.41) is 12.3. The third kappa shape index (κ3) is 3.77. The first-order chi connectivity index (χ1) is 11.3. The van der Waals surface area contributed by atoms with Crippen molar-refractivity contribution in [1.82, 2.24) is 15.0 Å². The molecule has 7 heteroatoms. The monoisotopic (exact) mass is 326 g/mol. The number of benzene rings is 1. The number of rotatable bonds is 5. The minimum Gasteiger partial charge on any atom is -0.396 e. The van der Waals surface area contributed by atoms with E-state index in [0.29, 0.717) is 27.8 Å². The molecule has 3 aromatic rings. The second-order valence-corrected chi connectivity index (χ2v) is 5.76. The fourth-order valence-electron chi connectivity index (χ4n) is 1.97. The standard InChI is InChI=1S/C16H14N4O2S/c21-9-6-11-2-4-12(5-3-11)20-15(22)13-10-19-16(23-13)14-17-7-1-8-18-14/h1-5,7-8,10,21H,6,9H2,(H,20,22). The van der Waals surface area contributed by atoms with Crippen molar-refractivity contribution < 1.29 is 9.90 Å². The van der Waals surface area contributed by atoms with Gasteiger partial charge in [0.1, 0.15) is 4.88 Å². The normalized spacial score (nSPS) is 10.5. The molecule has 1 amide bonds. The Morgan fingerprint density at radius 1 is 1.13 bits per heavy atom. The van der Waals surface area contributed by atoms with Crippen molar-refractivity contribution in [2.75, 3.05) is 11.9 Å². The van der Waals surface area contributed by atoms with Gasteiger partial charge in [0, 0.05) is 24.7 Å². The maximum absolute atomic E-state index is 12.2. The van der Waals surface area contributed by atoms with Crippen LogP contribution in [-0.2, 0) is 6.42 Å². The lowest BCUT2D eigenvalue weighted by molar-refractivity contribution is 0.103. The zero-order valence-electron chi connectivity index (χ0n) is 12.1. The minimum atomic E-state index is -0.223. The first-order valence-corrected chi connectivity index (χ1v) is 7.82. The van der Waals surface area contributed by atoms with Crippen LogP contribution < -0.4 is 5.32 Å². The van der Waals surface area contributed by atoms with Gasteiger partial charge in [-0.1, -0.05) is 12.1 Å². The Hall–Kier alpha value is -2.64. The lowest BCUT2D eigenvalue weighted by Crippen LogP contribution is -2.10. The molecular formula is C16H14N4O2S. The molecule has 0 saturated heterocycles. The van der Waals surface area contributed by atoms with Gasteiger partial charge in [-0.15, -0.1) is 11.3 Å². The number of nitrogens with zero attached hydrogens (tertiary/aromatic N) is 3. The quantitative estimate of drug-likeness (QED) is 0.751. The van der Waals surface area contributed by atoms with Gasteiger partial charge in [-0.05, 0) is 30.2 Å². The maximum atomic E-state index is 12.2. The summed E-state index contributed by atoms with van der Waals surface area (Å²) in [4.78, 5) is 25.2. The van der Waals surface area contributed by atoms with Crippen LogP contribution in [0.3, 0.4) is 0 Å². The van der Waals surface area contributed by atoms with E-state index in [9.17, 15) is 4.79 Å². The number of nitrogens with one attached hydrogen (secondary N) is 1. The molecule has 1 aromatic carbocycles. The Bertz CT molecular complexity index is 787. The Kier molecular flexibility index (Phi) is 4.70. The summed E-state index contributed by atoms with van der Waals surface area (Å²) in [6.07, 6.45) is 5.39. The van der Waals surface area contributed by atoms with E-state index in [0.717, 1.165) is 5.56 Å². The molecule has 0 aliphatic carbocycles. The zero-order chi connectivity index (χ0) is 16.1. The molecule has 6 nitrogen and oxygen atoms in total. The van der Waals surface area contributed by atoms with E-state index in [1.165, 1.54) is 17.5 Å². The molecule has 0 fully saturated rings. The number of amides is 1. The fraction of sp³-hybridized carbons (Fsp3) is 0.125. The van der Waals surface area contributed by atoms with E-state index in [4.69, 9.17) is 5.11 Å². The van der Waals surface area contributed by atoms with Gasteiger partial charge < -0.3 is 10.4 Å². The third-order valence-electron chi connectivity index (χ3n) is 3.10. The van der Waals surface area contributed by atoms with Crippen LogP contribution >= 0.6 is 11.3 Å². The summed E-state index contributed by atoms with van der Waals surface area (Å²) in [6, 6.07) is 9.10. The number of hydrogen-bond donors (Lipinski definition) is 2. The van der Waals surface area contributed by atoms with Gasteiger partial charge in [0.25, 0.3) is 5.91 Å². The van der Waals surface area contributed by atoms with Gasteiger partial charge in [0.05, 0.1) is 6.20 Å². The number of anilines is 1. The van der Waals surface area contributed by atoms with Crippen molar-refractivity contribution in [3.05, 3.63) is 59.4 Å². The van der Waals surface area contributed by atoms with E-state index >= 15 is 0 Å². The molecule has 2 heterocycles. The molecular weight excluding hydrogens is 312 g/mol. The molecule has 0 unspecified atom stereocenters. The van der Waals surface area contributed by atoms with E-state index in [2.05, 4.69) is 20.3 Å². The van der Waals surface area contributed by atoms with Gasteiger partial charge in [-0.2, -0.15) is 0 Å². The molecule has 2 N–H and O–H groups in total. The van der Waals surface area contributed by atoms with Crippen LogP contribution in [0, 0.1) is 0 Å². The Morgan fingerprint density at radius 2 is 1.87 bits per heavy atom. The summed E-state index contributed by atoms with van der Waals surface area (Å²) >= 11 is 1.24. The molecule has 23 heavy (non-hydrogen) atoms. The summed E-state index contributed by atoms with van der Waals surface area (Å²) in [5.41, 5.74) is 1.72. The molecule has 0 atom stereocenters. The number of aliphatic hydroxyl groups is 1. The van der Waals surface area contributed by atoms with Crippen molar-refractivity contribution in [1.29, 1.82) is 0 Å². The number of carbonyl (C=O) groups excluding carboxylic acids is 1. The van der Waals surface area contributed by atoms with Gasteiger partial charge >= 0.3 is 0 Å². The largest absolute Gasteiger partial charge is 0.396 e. The van der Waals surface area contributed by atoms with Gasteiger partial charge in [-0.25, -0.2) is 15.0 Å². The SMILES string of the molecule is O=C(Nc1ccc(CCO)cc1)c1cnc(-c2ncccn2)s1. The second kappa shape index (κ2) is 7.08. The Balaban J connectivity index is 1.70. The number of hydrogen-bond acceptors (Lipinski definition) is 6. The average molecular weight is 326 g/mol. The highest BCUT2D eigenvalue weighted by atomic mass is 32.1. The average Bonchev–Trinajstić information content (AvgIpc) is 3.08. The van der Waals surface area contributed by atoms with Crippen LogP contribution in [0.15, 0.2) is 48.9 Å². The molecule has 3 rings (SSSR count). The Labute approximate surface area is 136 Å². The topological polar surface area (TPSA) is 88.0 Å². The van der Waals surface area contributed by atoms with Crippen LogP contribution in [-0.4, -0.2) is 32.6 Å². The minimum absolute atomic E-state index is 0.108. The number of carbonyl (C=O) groups is 1. The summed E-state index contributed by atoms with van der Waals surface area (Å²) in [5.74, 6) is 0.282. The van der Waals surface area contributed by atoms with E-state index in [-0.39, 0.29) is 12.5 Å². The van der Waals surface area contributed by atoms with Gasteiger partial charge in [-0.3, -0.25) is 4.79 Å². The summed E-state index contributed by atoms with van der Waals surface area (Å²) < 4.78 is 0. The number of thiazole rings is 1. The summed E-state index contributed by atoms with van der Waals surface area (Å²) in [6.45, 7) is 0.108. The fourth-order valence-corrected chi connectivity index (χ4v) is 2.73. The lowest BCUT2D eigenvalue weighted by Gasteiger charge is -2.04. The predicted molar refractivity (Wildman–Crippen MR) is 88.3 cm³/mol. The molecule has 0 aliphatic rings. The first-order valence-electron chi connectivity index (χ1n) is 7.00. The highest BCUT2D eigenvalue weighted by Gasteiger charge is 2.13. The lowest BCUT2D eigenvalue weighted by atomic mass is 10.1. The summed E-state index contributed by atoms with van der Waals surface area (Å²) in [7, 11) is 0. The molecule has 0 bridgehead atoms. The van der Waals surface area contributed by atoms with Crippen LogP contribution in [0.2, 0.25) is 0 Å². The van der Waals surface area contributed by atoms with Crippen molar-refractivity contribution in [2.45, 2.75) is 6.42 Å². The molecule has 0 aliphatic heterocycles. The third-order valence-corrected chi connectivity index (χ3v) is 4.09. The van der Waals surface area contributed by atoms with Crippen molar-refractivity contribution >= 4 is 22.9 Å². The van der Waals surface area contributed by atoms with Crippen molar-refractivity contribution in [3.8, 4) is 10.8 Å². The van der Waals surface area contributed by atoms with Crippen LogP contribution in [0.1, 0.15) is 15.2 Å².